The summed E-state index contributed by atoms with van der Waals surface area (Å²) >= 11 is 0. The van der Waals surface area contributed by atoms with E-state index in [0.29, 0.717) is 12.6 Å². The molecule has 1 aromatic carbocycles. The van der Waals surface area contributed by atoms with Crippen LogP contribution in [-0.2, 0) is 0 Å². The Kier molecular flexibility index (Phi) is 4.85. The standard InChI is InChI=1S/C20H24N2/c1-17-11-13-18(14-12-17)21-15-5-9-20-10-6-16-22(20)19-7-3-2-4-8-19/h6,10-14,16,19,21H,2-4,7-8,15H2,1H3. The highest BCUT2D eigenvalue weighted by atomic mass is 15.0. The molecule has 1 aromatic heterocycles. The quantitative estimate of drug-likeness (QED) is 0.807. The predicted molar refractivity (Wildman–Crippen MR) is 93.1 cm³/mol. The third-order valence-electron chi connectivity index (χ3n) is 4.40. The van der Waals surface area contributed by atoms with Gasteiger partial charge in [0.1, 0.15) is 0 Å². The number of nitrogens with zero attached hydrogens (tertiary/aromatic N) is 1. The summed E-state index contributed by atoms with van der Waals surface area (Å²) in [5, 5.41) is 3.35. The summed E-state index contributed by atoms with van der Waals surface area (Å²) in [7, 11) is 0. The lowest BCUT2D eigenvalue weighted by atomic mass is 9.95. The minimum absolute atomic E-state index is 0.651. The zero-order chi connectivity index (χ0) is 15.2. The van der Waals surface area contributed by atoms with Crippen LogP contribution in [0, 0.1) is 18.8 Å². The van der Waals surface area contributed by atoms with E-state index in [1.54, 1.807) is 0 Å². The van der Waals surface area contributed by atoms with Crippen LogP contribution >= 0.6 is 0 Å². The largest absolute Gasteiger partial charge is 0.374 e. The lowest BCUT2D eigenvalue weighted by molar-refractivity contribution is 0.352. The molecule has 3 rings (SSSR count). The van der Waals surface area contributed by atoms with Crippen LogP contribution in [0.5, 0.6) is 0 Å². The molecule has 1 N–H and O–H groups in total. The predicted octanol–water partition coefficient (Wildman–Crippen LogP) is 4.77. The Bertz CT molecular complexity index is 649. The van der Waals surface area contributed by atoms with Gasteiger partial charge in [0.2, 0.25) is 0 Å². The second-order valence-electron chi connectivity index (χ2n) is 6.11. The highest BCUT2D eigenvalue weighted by Crippen LogP contribution is 2.29. The third kappa shape index (κ3) is 3.74. The van der Waals surface area contributed by atoms with Crippen LogP contribution in [0.4, 0.5) is 5.69 Å². The number of nitrogens with one attached hydrogen (secondary N) is 1. The molecule has 1 heterocycles. The Morgan fingerprint density at radius 3 is 2.64 bits per heavy atom. The molecule has 0 aliphatic heterocycles. The summed E-state index contributed by atoms with van der Waals surface area (Å²) in [4.78, 5) is 0. The van der Waals surface area contributed by atoms with Crippen molar-refractivity contribution in [1.29, 1.82) is 0 Å². The molecule has 2 heteroatoms. The molecule has 114 valence electrons. The highest BCUT2D eigenvalue weighted by Gasteiger charge is 2.15. The van der Waals surface area contributed by atoms with Crippen LogP contribution in [0.3, 0.4) is 0 Å². The Labute approximate surface area is 133 Å². The number of hydrogen-bond donors (Lipinski definition) is 1. The molecular weight excluding hydrogens is 268 g/mol. The fraction of sp³-hybridized carbons (Fsp3) is 0.400. The molecule has 2 aromatic rings. The molecule has 0 bridgehead atoms. The number of rotatable bonds is 3. The molecule has 1 aliphatic rings. The van der Waals surface area contributed by atoms with Gasteiger partial charge in [-0.25, -0.2) is 0 Å². The van der Waals surface area contributed by atoms with Crippen molar-refractivity contribution in [3.8, 4) is 11.8 Å². The summed E-state index contributed by atoms with van der Waals surface area (Å²) < 4.78 is 2.37. The molecule has 1 fully saturated rings. The lowest BCUT2D eigenvalue weighted by Crippen LogP contribution is -2.13. The summed E-state index contributed by atoms with van der Waals surface area (Å²) in [6.45, 7) is 2.78. The van der Waals surface area contributed by atoms with Crippen LogP contribution < -0.4 is 5.32 Å². The SMILES string of the molecule is Cc1ccc(NCC#Cc2cccn2C2CCCCC2)cc1. The first kappa shape index (κ1) is 14.8. The van der Waals surface area contributed by atoms with Crippen LogP contribution in [0.2, 0.25) is 0 Å². The summed E-state index contributed by atoms with van der Waals surface area (Å²) in [5.74, 6) is 6.57. The maximum atomic E-state index is 3.35. The smallest absolute Gasteiger partial charge is 0.0922 e. The summed E-state index contributed by atoms with van der Waals surface area (Å²) in [6.07, 6.45) is 8.87. The maximum absolute atomic E-state index is 3.35. The van der Waals surface area contributed by atoms with E-state index in [1.807, 2.05) is 0 Å². The van der Waals surface area contributed by atoms with Crippen LogP contribution in [0.25, 0.3) is 0 Å². The number of benzene rings is 1. The first-order chi connectivity index (χ1) is 10.8. The van der Waals surface area contributed by atoms with E-state index in [-0.39, 0.29) is 0 Å². The zero-order valence-electron chi connectivity index (χ0n) is 13.3. The average molecular weight is 292 g/mol. The number of hydrogen-bond acceptors (Lipinski definition) is 1. The van der Waals surface area contributed by atoms with Crippen LogP contribution in [0.15, 0.2) is 42.6 Å². The van der Waals surface area contributed by atoms with E-state index < -0.39 is 0 Å². The van der Waals surface area contributed by atoms with Gasteiger partial charge in [-0.2, -0.15) is 0 Å². The van der Waals surface area contributed by atoms with E-state index in [4.69, 9.17) is 0 Å². The van der Waals surface area contributed by atoms with Crippen molar-refractivity contribution in [1.82, 2.24) is 4.57 Å². The molecule has 0 unspecified atom stereocenters. The van der Waals surface area contributed by atoms with Crippen molar-refractivity contribution in [3.05, 3.63) is 53.9 Å². The molecule has 22 heavy (non-hydrogen) atoms. The van der Waals surface area contributed by atoms with Crippen LogP contribution in [0.1, 0.15) is 49.4 Å². The normalized spacial score (nSPS) is 15.1. The Hall–Kier alpha value is -2.14. The number of aryl methyl sites for hydroxylation is 1. The van der Waals surface area contributed by atoms with Gasteiger partial charge in [-0.05, 0) is 50.0 Å². The van der Waals surface area contributed by atoms with Crippen molar-refractivity contribution >= 4 is 5.69 Å². The van der Waals surface area contributed by atoms with E-state index in [2.05, 4.69) is 71.2 Å². The van der Waals surface area contributed by atoms with E-state index >= 15 is 0 Å². The summed E-state index contributed by atoms with van der Waals surface area (Å²) in [6, 6.07) is 13.3. The van der Waals surface area contributed by atoms with E-state index in [1.165, 1.54) is 37.7 Å². The molecule has 0 radical (unpaired) electrons. The Morgan fingerprint density at radius 1 is 1.09 bits per heavy atom. The van der Waals surface area contributed by atoms with Gasteiger partial charge < -0.3 is 9.88 Å². The molecule has 0 amide bonds. The molecular formula is C20H24N2. The molecule has 0 atom stereocenters. The van der Waals surface area contributed by atoms with Crippen LogP contribution in [-0.4, -0.2) is 11.1 Å². The van der Waals surface area contributed by atoms with Crippen molar-refractivity contribution in [2.24, 2.45) is 0 Å². The van der Waals surface area contributed by atoms with E-state index in [0.717, 1.165) is 11.4 Å². The zero-order valence-corrected chi connectivity index (χ0v) is 13.3. The maximum Gasteiger partial charge on any atom is 0.0922 e. The van der Waals surface area contributed by atoms with Crippen molar-refractivity contribution in [3.63, 3.8) is 0 Å². The van der Waals surface area contributed by atoms with Crippen molar-refractivity contribution in [2.75, 3.05) is 11.9 Å². The van der Waals surface area contributed by atoms with Gasteiger partial charge in [-0.15, -0.1) is 0 Å². The lowest BCUT2D eigenvalue weighted by Gasteiger charge is -2.24. The highest BCUT2D eigenvalue weighted by molar-refractivity contribution is 5.45. The second kappa shape index (κ2) is 7.22. The minimum Gasteiger partial charge on any atom is -0.374 e. The molecule has 2 nitrogen and oxygen atoms in total. The average Bonchev–Trinajstić information content (AvgIpc) is 3.02. The fourth-order valence-electron chi connectivity index (χ4n) is 3.13. The Morgan fingerprint density at radius 2 is 1.86 bits per heavy atom. The van der Waals surface area contributed by atoms with Gasteiger partial charge >= 0.3 is 0 Å². The second-order valence-corrected chi connectivity index (χ2v) is 6.11. The van der Waals surface area contributed by atoms with Crippen molar-refractivity contribution < 1.29 is 0 Å². The van der Waals surface area contributed by atoms with Gasteiger partial charge in [0.05, 0.1) is 12.2 Å². The van der Waals surface area contributed by atoms with Gasteiger partial charge in [-0.3, -0.25) is 0 Å². The van der Waals surface area contributed by atoms with E-state index in [9.17, 15) is 0 Å². The number of anilines is 1. The molecule has 1 aliphatic carbocycles. The van der Waals surface area contributed by atoms with Gasteiger partial charge in [0.15, 0.2) is 0 Å². The van der Waals surface area contributed by atoms with Gasteiger partial charge in [0, 0.05) is 17.9 Å². The molecule has 1 saturated carbocycles. The van der Waals surface area contributed by atoms with Gasteiger partial charge in [-0.1, -0.05) is 42.9 Å². The molecule has 0 saturated heterocycles. The first-order valence-corrected chi connectivity index (χ1v) is 8.29. The topological polar surface area (TPSA) is 17.0 Å². The monoisotopic (exact) mass is 292 g/mol. The Balaban J connectivity index is 1.59. The third-order valence-corrected chi connectivity index (χ3v) is 4.40. The minimum atomic E-state index is 0.651. The van der Waals surface area contributed by atoms with Gasteiger partial charge in [0.25, 0.3) is 0 Å². The summed E-state index contributed by atoms with van der Waals surface area (Å²) in [5.41, 5.74) is 3.56. The first-order valence-electron chi connectivity index (χ1n) is 8.29. The number of aromatic nitrogens is 1. The fourth-order valence-corrected chi connectivity index (χ4v) is 3.13. The van der Waals surface area contributed by atoms with Crippen molar-refractivity contribution in [2.45, 2.75) is 45.1 Å². The molecule has 0 spiro atoms.